The minimum absolute atomic E-state index is 0.605. The van der Waals surface area contributed by atoms with Gasteiger partial charge in [-0.3, -0.25) is 5.10 Å². The van der Waals surface area contributed by atoms with E-state index in [1.807, 2.05) is 0 Å². The van der Waals surface area contributed by atoms with Crippen LogP contribution in [0.25, 0.3) is 0 Å². The van der Waals surface area contributed by atoms with Crippen LogP contribution in [-0.2, 0) is 0 Å². The summed E-state index contributed by atoms with van der Waals surface area (Å²) in [6.45, 7) is 3.63. The van der Waals surface area contributed by atoms with E-state index >= 15 is 0 Å². The lowest BCUT2D eigenvalue weighted by Gasteiger charge is -2.34. The number of rotatable bonds is 4. The minimum Gasteiger partial charge on any atom is -0.481 e. The number of aromatic nitrogens is 4. The highest BCUT2D eigenvalue weighted by Crippen LogP contribution is 2.39. The Morgan fingerprint density at radius 2 is 1.95 bits per heavy atom. The van der Waals surface area contributed by atoms with Gasteiger partial charge in [0.1, 0.15) is 0 Å². The first-order chi connectivity index (χ1) is 10.8. The highest BCUT2D eigenvalue weighted by molar-refractivity contribution is 5.44. The number of piperazine rings is 1. The van der Waals surface area contributed by atoms with Crippen LogP contribution >= 0.6 is 0 Å². The van der Waals surface area contributed by atoms with Crippen LogP contribution in [0.15, 0.2) is 18.3 Å². The van der Waals surface area contributed by atoms with Crippen molar-refractivity contribution < 1.29 is 4.74 Å². The van der Waals surface area contributed by atoms with E-state index in [-0.39, 0.29) is 0 Å². The Balaban J connectivity index is 1.40. The molecule has 22 heavy (non-hydrogen) atoms. The standard InChI is InChI=1S/C15H20N6O/c1-22-14-4-5-16-15(17-14)21-8-6-20(7-9-21)13-10-12(18-19-13)11-2-3-11/h4-5,10-11H,2-3,6-9H2,1H3,(H,18,19). The molecule has 0 spiro atoms. The average molecular weight is 300 g/mol. The van der Waals surface area contributed by atoms with Crippen LogP contribution in [0.5, 0.6) is 5.88 Å². The van der Waals surface area contributed by atoms with Gasteiger partial charge in [-0.15, -0.1) is 0 Å². The fourth-order valence-corrected chi connectivity index (χ4v) is 2.82. The molecule has 1 aliphatic carbocycles. The van der Waals surface area contributed by atoms with E-state index in [0.717, 1.165) is 37.9 Å². The van der Waals surface area contributed by atoms with Crippen molar-refractivity contribution in [3.8, 4) is 5.88 Å². The Hall–Kier alpha value is -2.31. The van der Waals surface area contributed by atoms with Gasteiger partial charge in [-0.25, -0.2) is 4.98 Å². The van der Waals surface area contributed by atoms with Gasteiger partial charge in [0.25, 0.3) is 0 Å². The number of methoxy groups -OCH3 is 1. The lowest BCUT2D eigenvalue weighted by Crippen LogP contribution is -2.47. The summed E-state index contributed by atoms with van der Waals surface area (Å²) in [7, 11) is 1.62. The van der Waals surface area contributed by atoms with Crippen molar-refractivity contribution in [2.45, 2.75) is 18.8 Å². The third-order valence-corrected chi connectivity index (χ3v) is 4.31. The SMILES string of the molecule is COc1ccnc(N2CCN(c3cc(C4CC4)[nH]n3)CC2)n1. The van der Waals surface area contributed by atoms with Crippen molar-refractivity contribution in [3.63, 3.8) is 0 Å². The van der Waals surface area contributed by atoms with E-state index in [4.69, 9.17) is 4.74 Å². The number of nitrogens with one attached hydrogen (secondary N) is 1. The summed E-state index contributed by atoms with van der Waals surface area (Å²) in [5.74, 6) is 3.12. The van der Waals surface area contributed by atoms with Crippen LogP contribution in [-0.4, -0.2) is 53.5 Å². The molecule has 1 saturated heterocycles. The molecule has 7 nitrogen and oxygen atoms in total. The molecule has 0 atom stereocenters. The first-order valence-corrected chi connectivity index (χ1v) is 7.76. The maximum Gasteiger partial charge on any atom is 0.228 e. The predicted octanol–water partition coefficient (Wildman–Crippen LogP) is 1.41. The molecule has 2 aliphatic rings. The van der Waals surface area contributed by atoms with Gasteiger partial charge in [0.05, 0.1) is 7.11 Å². The van der Waals surface area contributed by atoms with Crippen LogP contribution < -0.4 is 14.5 Å². The Bertz CT molecular complexity index is 645. The molecule has 0 amide bonds. The topological polar surface area (TPSA) is 70.2 Å². The number of hydrogen-bond donors (Lipinski definition) is 1. The normalized spacial score (nSPS) is 18.6. The van der Waals surface area contributed by atoms with E-state index in [9.17, 15) is 0 Å². The van der Waals surface area contributed by atoms with Crippen molar-refractivity contribution in [2.75, 3.05) is 43.1 Å². The Kier molecular flexibility index (Phi) is 3.32. The van der Waals surface area contributed by atoms with Gasteiger partial charge in [0.2, 0.25) is 11.8 Å². The molecule has 1 N–H and O–H groups in total. The molecular formula is C15H20N6O. The van der Waals surface area contributed by atoms with E-state index < -0.39 is 0 Å². The lowest BCUT2D eigenvalue weighted by molar-refractivity contribution is 0.396. The Morgan fingerprint density at radius 1 is 1.18 bits per heavy atom. The van der Waals surface area contributed by atoms with Gasteiger partial charge in [-0.2, -0.15) is 10.1 Å². The number of nitrogens with zero attached hydrogens (tertiary/aromatic N) is 5. The van der Waals surface area contributed by atoms with Crippen LogP contribution in [0.1, 0.15) is 24.5 Å². The average Bonchev–Trinajstić information content (AvgIpc) is 3.32. The van der Waals surface area contributed by atoms with Gasteiger partial charge >= 0.3 is 0 Å². The van der Waals surface area contributed by atoms with Gasteiger partial charge in [-0.1, -0.05) is 0 Å². The zero-order valence-corrected chi connectivity index (χ0v) is 12.7. The smallest absolute Gasteiger partial charge is 0.228 e. The van der Waals surface area contributed by atoms with E-state index in [0.29, 0.717) is 11.8 Å². The molecule has 1 saturated carbocycles. The molecule has 4 rings (SSSR count). The molecule has 0 aromatic carbocycles. The van der Waals surface area contributed by atoms with Gasteiger partial charge in [-0.05, 0) is 12.8 Å². The van der Waals surface area contributed by atoms with Gasteiger partial charge in [0, 0.05) is 56.1 Å². The number of H-pyrrole nitrogens is 1. The maximum atomic E-state index is 5.16. The number of ether oxygens (including phenoxy) is 1. The first-order valence-electron chi connectivity index (χ1n) is 7.76. The summed E-state index contributed by atoms with van der Waals surface area (Å²) in [6.07, 6.45) is 4.33. The number of anilines is 2. The zero-order chi connectivity index (χ0) is 14.9. The molecule has 2 fully saturated rings. The third kappa shape index (κ3) is 2.58. The summed E-state index contributed by atoms with van der Waals surface area (Å²) < 4.78 is 5.16. The Labute approximate surface area is 129 Å². The van der Waals surface area contributed by atoms with Gasteiger partial charge < -0.3 is 14.5 Å². The second-order valence-electron chi connectivity index (χ2n) is 5.83. The Morgan fingerprint density at radius 3 is 2.68 bits per heavy atom. The maximum absolute atomic E-state index is 5.16. The molecule has 3 heterocycles. The predicted molar refractivity (Wildman–Crippen MR) is 83.6 cm³/mol. The second-order valence-corrected chi connectivity index (χ2v) is 5.83. The van der Waals surface area contributed by atoms with Crippen LogP contribution in [0.2, 0.25) is 0 Å². The van der Waals surface area contributed by atoms with E-state index in [1.54, 1.807) is 19.4 Å². The van der Waals surface area contributed by atoms with Crippen molar-refractivity contribution in [1.82, 2.24) is 20.2 Å². The monoisotopic (exact) mass is 300 g/mol. The zero-order valence-electron chi connectivity index (χ0n) is 12.7. The number of hydrogen-bond acceptors (Lipinski definition) is 6. The summed E-state index contributed by atoms with van der Waals surface area (Å²) >= 11 is 0. The molecule has 116 valence electrons. The van der Waals surface area contributed by atoms with E-state index in [1.165, 1.54) is 18.5 Å². The van der Waals surface area contributed by atoms with Crippen LogP contribution in [0.4, 0.5) is 11.8 Å². The van der Waals surface area contributed by atoms with Crippen molar-refractivity contribution >= 4 is 11.8 Å². The molecule has 2 aromatic heterocycles. The summed E-state index contributed by atoms with van der Waals surface area (Å²) in [6, 6.07) is 3.97. The molecule has 0 bridgehead atoms. The molecule has 0 unspecified atom stereocenters. The number of aromatic amines is 1. The molecular weight excluding hydrogens is 280 g/mol. The van der Waals surface area contributed by atoms with Crippen molar-refractivity contribution in [2.24, 2.45) is 0 Å². The minimum atomic E-state index is 0.605. The van der Waals surface area contributed by atoms with Crippen molar-refractivity contribution in [3.05, 3.63) is 24.0 Å². The van der Waals surface area contributed by atoms with Crippen LogP contribution in [0, 0.1) is 0 Å². The summed E-state index contributed by atoms with van der Waals surface area (Å²) in [5, 5.41) is 7.63. The summed E-state index contributed by atoms with van der Waals surface area (Å²) in [5.41, 5.74) is 1.29. The second kappa shape index (κ2) is 5.47. The first kappa shape index (κ1) is 13.4. The highest BCUT2D eigenvalue weighted by Gasteiger charge is 2.27. The van der Waals surface area contributed by atoms with E-state index in [2.05, 4.69) is 36.0 Å². The molecule has 7 heteroatoms. The summed E-state index contributed by atoms with van der Waals surface area (Å²) in [4.78, 5) is 13.2. The fourth-order valence-electron chi connectivity index (χ4n) is 2.82. The fraction of sp³-hybridized carbons (Fsp3) is 0.533. The quantitative estimate of drug-likeness (QED) is 0.920. The largest absolute Gasteiger partial charge is 0.481 e. The highest BCUT2D eigenvalue weighted by atomic mass is 16.5. The van der Waals surface area contributed by atoms with Gasteiger partial charge in [0.15, 0.2) is 5.82 Å². The van der Waals surface area contributed by atoms with Crippen LogP contribution in [0.3, 0.4) is 0 Å². The lowest BCUT2D eigenvalue weighted by atomic mass is 10.2. The molecule has 2 aromatic rings. The van der Waals surface area contributed by atoms with Crippen molar-refractivity contribution in [1.29, 1.82) is 0 Å². The molecule has 1 aliphatic heterocycles. The molecule has 0 radical (unpaired) electrons. The third-order valence-electron chi connectivity index (χ3n) is 4.31.